The number of oxazole rings is 1. The summed E-state index contributed by atoms with van der Waals surface area (Å²) in [5.41, 5.74) is 4.48. The lowest BCUT2D eigenvalue weighted by atomic mass is 10.1. The van der Waals surface area contributed by atoms with Crippen molar-refractivity contribution >= 4 is 33.7 Å². The van der Waals surface area contributed by atoms with E-state index in [1.807, 2.05) is 79.7 Å². The van der Waals surface area contributed by atoms with E-state index in [0.717, 1.165) is 27.6 Å². The van der Waals surface area contributed by atoms with E-state index < -0.39 is 0 Å². The van der Waals surface area contributed by atoms with Crippen molar-refractivity contribution in [1.82, 2.24) is 4.98 Å². The monoisotopic (exact) mass is 368 g/mol. The van der Waals surface area contributed by atoms with Crippen LogP contribution in [0, 0.1) is 6.92 Å². The molecular weight excluding hydrogens is 352 g/mol. The highest BCUT2D eigenvalue weighted by Gasteiger charge is 2.18. The number of anilines is 1. The third kappa shape index (κ3) is 2.74. The van der Waals surface area contributed by atoms with Gasteiger partial charge in [0.2, 0.25) is 5.89 Å². The number of amides is 1. The van der Waals surface area contributed by atoms with Gasteiger partial charge in [0, 0.05) is 22.2 Å². The van der Waals surface area contributed by atoms with E-state index in [1.165, 1.54) is 0 Å². The summed E-state index contributed by atoms with van der Waals surface area (Å²) in [5, 5.41) is 3.84. The Morgan fingerprint density at radius 3 is 2.50 bits per heavy atom. The summed E-state index contributed by atoms with van der Waals surface area (Å²) in [4.78, 5) is 17.3. The van der Waals surface area contributed by atoms with Crippen LogP contribution in [0.3, 0.4) is 0 Å². The van der Waals surface area contributed by atoms with Gasteiger partial charge in [-0.15, -0.1) is 0 Å². The fourth-order valence-electron chi connectivity index (χ4n) is 3.30. The first-order valence-electron chi connectivity index (χ1n) is 8.94. The molecule has 0 saturated carbocycles. The molecule has 2 heterocycles. The molecule has 5 nitrogen and oxygen atoms in total. The first-order valence-corrected chi connectivity index (χ1v) is 8.94. The summed E-state index contributed by atoms with van der Waals surface area (Å²) in [5.74, 6) is 0.536. The van der Waals surface area contributed by atoms with E-state index in [1.54, 1.807) is 0 Å². The third-order valence-corrected chi connectivity index (χ3v) is 4.71. The Bertz CT molecular complexity index is 1300. The second-order valence-corrected chi connectivity index (χ2v) is 6.57. The molecule has 5 heteroatoms. The predicted octanol–water partition coefficient (Wildman–Crippen LogP) is 5.80. The fraction of sp³-hybridized carbons (Fsp3) is 0.0435. The molecule has 0 spiro atoms. The number of nitrogens with one attached hydrogen (secondary N) is 1. The van der Waals surface area contributed by atoms with Gasteiger partial charge in [0.05, 0.1) is 0 Å². The van der Waals surface area contributed by atoms with E-state index in [4.69, 9.17) is 8.83 Å². The number of hydrogen-bond donors (Lipinski definition) is 1. The Morgan fingerprint density at radius 1 is 0.893 bits per heavy atom. The van der Waals surface area contributed by atoms with Crippen LogP contribution in [0.25, 0.3) is 33.5 Å². The van der Waals surface area contributed by atoms with Gasteiger partial charge in [-0.05, 0) is 43.3 Å². The molecule has 28 heavy (non-hydrogen) atoms. The molecule has 5 rings (SSSR count). The Labute approximate surface area is 160 Å². The molecule has 0 aliphatic rings. The summed E-state index contributed by atoms with van der Waals surface area (Å²) < 4.78 is 11.6. The number of aryl methyl sites for hydroxylation is 1. The zero-order chi connectivity index (χ0) is 19.1. The standard InChI is InChI=1S/C23H16N2O3/c1-14-17-9-2-4-11-19(17)27-21(14)22(26)24-16-8-6-7-15(13-16)23-25-18-10-3-5-12-20(18)28-23/h2-13H,1H3,(H,24,26). The first-order chi connectivity index (χ1) is 13.7. The molecule has 1 N–H and O–H groups in total. The van der Waals surface area contributed by atoms with Crippen LogP contribution in [0.1, 0.15) is 16.1 Å². The number of nitrogens with zero attached hydrogens (tertiary/aromatic N) is 1. The number of carbonyl (C=O) groups is 1. The first kappa shape index (κ1) is 16.3. The maximum Gasteiger partial charge on any atom is 0.291 e. The number of para-hydroxylation sites is 3. The van der Waals surface area contributed by atoms with Crippen LogP contribution in [-0.4, -0.2) is 10.9 Å². The lowest BCUT2D eigenvalue weighted by Gasteiger charge is -2.05. The third-order valence-electron chi connectivity index (χ3n) is 4.71. The minimum absolute atomic E-state index is 0.289. The van der Waals surface area contributed by atoms with Crippen LogP contribution >= 0.6 is 0 Å². The summed E-state index contributed by atoms with van der Waals surface area (Å²) in [6.45, 7) is 1.88. The Kier molecular flexibility index (Phi) is 3.72. The molecular formula is C23H16N2O3. The molecule has 2 aromatic heterocycles. The second kappa shape index (κ2) is 6.39. The van der Waals surface area contributed by atoms with Crippen molar-refractivity contribution in [3.63, 3.8) is 0 Å². The average Bonchev–Trinajstić information content (AvgIpc) is 3.30. The van der Waals surface area contributed by atoms with Crippen LogP contribution in [-0.2, 0) is 0 Å². The van der Waals surface area contributed by atoms with Gasteiger partial charge in [-0.3, -0.25) is 4.79 Å². The largest absolute Gasteiger partial charge is 0.451 e. The number of rotatable bonds is 3. The van der Waals surface area contributed by atoms with Gasteiger partial charge < -0.3 is 14.2 Å². The van der Waals surface area contributed by atoms with E-state index in [-0.39, 0.29) is 5.91 Å². The Morgan fingerprint density at radius 2 is 1.68 bits per heavy atom. The highest BCUT2D eigenvalue weighted by Crippen LogP contribution is 2.28. The minimum atomic E-state index is -0.289. The van der Waals surface area contributed by atoms with Crippen molar-refractivity contribution < 1.29 is 13.6 Å². The molecule has 0 radical (unpaired) electrons. The van der Waals surface area contributed by atoms with Gasteiger partial charge in [0.25, 0.3) is 5.91 Å². The number of hydrogen-bond acceptors (Lipinski definition) is 4. The molecule has 0 fully saturated rings. The van der Waals surface area contributed by atoms with Gasteiger partial charge >= 0.3 is 0 Å². The number of furan rings is 1. The highest BCUT2D eigenvalue weighted by atomic mass is 16.4. The average molecular weight is 368 g/mol. The normalized spacial score (nSPS) is 11.2. The van der Waals surface area contributed by atoms with E-state index in [9.17, 15) is 4.79 Å². The smallest absolute Gasteiger partial charge is 0.291 e. The van der Waals surface area contributed by atoms with Gasteiger partial charge in [0.1, 0.15) is 11.1 Å². The summed E-state index contributed by atoms with van der Waals surface area (Å²) >= 11 is 0. The van der Waals surface area contributed by atoms with Crippen LogP contribution in [0.2, 0.25) is 0 Å². The fourth-order valence-corrected chi connectivity index (χ4v) is 3.30. The molecule has 0 atom stereocenters. The van der Waals surface area contributed by atoms with Gasteiger partial charge in [-0.2, -0.15) is 0 Å². The van der Waals surface area contributed by atoms with Crippen LogP contribution in [0.4, 0.5) is 5.69 Å². The van der Waals surface area contributed by atoms with Crippen molar-refractivity contribution in [3.8, 4) is 11.5 Å². The summed E-state index contributed by atoms with van der Waals surface area (Å²) in [7, 11) is 0. The topological polar surface area (TPSA) is 68.3 Å². The zero-order valence-corrected chi connectivity index (χ0v) is 15.1. The van der Waals surface area contributed by atoms with E-state index >= 15 is 0 Å². The second-order valence-electron chi connectivity index (χ2n) is 6.57. The molecule has 1 amide bonds. The van der Waals surface area contributed by atoms with Crippen LogP contribution in [0.5, 0.6) is 0 Å². The van der Waals surface area contributed by atoms with Crippen LogP contribution in [0.15, 0.2) is 81.6 Å². The number of aromatic nitrogens is 1. The Balaban J connectivity index is 1.46. The predicted molar refractivity (Wildman–Crippen MR) is 108 cm³/mol. The van der Waals surface area contributed by atoms with Crippen molar-refractivity contribution in [3.05, 3.63) is 84.1 Å². The van der Waals surface area contributed by atoms with Crippen molar-refractivity contribution in [2.45, 2.75) is 6.92 Å². The molecule has 0 unspecified atom stereocenters. The molecule has 0 bridgehead atoms. The molecule has 136 valence electrons. The van der Waals surface area contributed by atoms with Crippen molar-refractivity contribution in [2.24, 2.45) is 0 Å². The molecule has 3 aromatic carbocycles. The zero-order valence-electron chi connectivity index (χ0n) is 15.1. The number of carbonyl (C=O) groups excluding carboxylic acids is 1. The molecule has 0 aliphatic carbocycles. The van der Waals surface area contributed by atoms with Gasteiger partial charge in [0.15, 0.2) is 11.3 Å². The molecule has 0 aliphatic heterocycles. The van der Waals surface area contributed by atoms with E-state index in [0.29, 0.717) is 22.9 Å². The number of benzene rings is 3. The van der Waals surface area contributed by atoms with Crippen LogP contribution < -0.4 is 5.32 Å². The number of fused-ring (bicyclic) bond motifs is 2. The molecule has 5 aromatic rings. The summed E-state index contributed by atoms with van der Waals surface area (Å²) in [6.07, 6.45) is 0. The molecule has 0 saturated heterocycles. The minimum Gasteiger partial charge on any atom is -0.451 e. The van der Waals surface area contributed by atoms with E-state index in [2.05, 4.69) is 10.3 Å². The Hall–Kier alpha value is -3.86. The lowest BCUT2D eigenvalue weighted by Crippen LogP contribution is -2.12. The van der Waals surface area contributed by atoms with Gasteiger partial charge in [-0.1, -0.05) is 36.4 Å². The lowest BCUT2D eigenvalue weighted by molar-refractivity contribution is 0.0998. The van der Waals surface area contributed by atoms with Crippen molar-refractivity contribution in [2.75, 3.05) is 5.32 Å². The highest BCUT2D eigenvalue weighted by molar-refractivity contribution is 6.06. The quantitative estimate of drug-likeness (QED) is 0.437. The summed E-state index contributed by atoms with van der Waals surface area (Å²) in [6, 6.07) is 22.6. The maximum absolute atomic E-state index is 12.7. The SMILES string of the molecule is Cc1c(C(=O)Nc2cccc(-c3nc4ccccc4o3)c2)oc2ccccc12. The van der Waals surface area contributed by atoms with Gasteiger partial charge in [-0.25, -0.2) is 4.98 Å². The van der Waals surface area contributed by atoms with Crippen molar-refractivity contribution in [1.29, 1.82) is 0 Å². The maximum atomic E-state index is 12.7.